The van der Waals surface area contributed by atoms with Gasteiger partial charge in [-0.2, -0.15) is 0 Å². The number of ether oxygens (including phenoxy) is 2. The van der Waals surface area contributed by atoms with E-state index in [1.807, 2.05) is 0 Å². The molecule has 0 spiro atoms. The van der Waals surface area contributed by atoms with Crippen molar-refractivity contribution in [2.45, 2.75) is 0 Å². The highest BCUT2D eigenvalue weighted by Gasteiger charge is 1.91. The highest BCUT2D eigenvalue weighted by Crippen LogP contribution is 1.81. The topological polar surface area (TPSA) is 93.1 Å². The Kier molecular flexibility index (Phi) is 3.47. The van der Waals surface area contributed by atoms with E-state index in [0.717, 1.165) is 0 Å². The van der Waals surface area contributed by atoms with Crippen LogP contribution in [0.5, 0.6) is 0 Å². The zero-order valence-electron chi connectivity index (χ0n) is 4.68. The summed E-state index contributed by atoms with van der Waals surface area (Å²) in [5, 5.41) is 15.6. The van der Waals surface area contributed by atoms with Gasteiger partial charge in [0.15, 0.2) is 0 Å². The molecule has 6 nitrogen and oxygen atoms in total. The van der Waals surface area contributed by atoms with E-state index in [1.54, 1.807) is 0 Å². The smallest absolute Gasteiger partial charge is 0.449 e. The second-order valence-electron chi connectivity index (χ2n) is 1.04. The summed E-state index contributed by atoms with van der Waals surface area (Å²) in [6.07, 6.45) is -1.89. The number of carbonyl (C=O) groups is 2. The summed E-state index contributed by atoms with van der Waals surface area (Å²) in [4.78, 5) is 19.1. The van der Waals surface area contributed by atoms with Gasteiger partial charge in [-0.1, -0.05) is 0 Å². The van der Waals surface area contributed by atoms with Gasteiger partial charge in [0.25, 0.3) is 0 Å². The third-order valence-corrected chi connectivity index (χ3v) is 0.393. The molecule has 0 saturated carbocycles. The van der Waals surface area contributed by atoms with E-state index < -0.39 is 12.3 Å². The summed E-state index contributed by atoms with van der Waals surface area (Å²) < 4.78 is 7.48. The predicted molar refractivity (Wildman–Crippen MR) is 27.4 cm³/mol. The SMILES string of the molecule is O=C(O)OC=COC(=O)O. The molecule has 0 atom stereocenters. The van der Waals surface area contributed by atoms with Gasteiger partial charge in [-0.05, 0) is 0 Å². The van der Waals surface area contributed by atoms with Crippen molar-refractivity contribution in [3.63, 3.8) is 0 Å². The summed E-state index contributed by atoms with van der Waals surface area (Å²) in [6.45, 7) is 0. The van der Waals surface area contributed by atoms with Crippen molar-refractivity contribution in [2.75, 3.05) is 0 Å². The molecule has 0 fully saturated rings. The highest BCUT2D eigenvalue weighted by atomic mass is 16.7. The first-order valence-corrected chi connectivity index (χ1v) is 2.07. The van der Waals surface area contributed by atoms with Crippen LogP contribution < -0.4 is 0 Å². The number of hydrogen-bond acceptors (Lipinski definition) is 4. The van der Waals surface area contributed by atoms with Crippen molar-refractivity contribution in [3.8, 4) is 0 Å². The van der Waals surface area contributed by atoms with Crippen molar-refractivity contribution in [1.82, 2.24) is 0 Å². The van der Waals surface area contributed by atoms with E-state index in [4.69, 9.17) is 10.2 Å². The maximum atomic E-state index is 9.57. The lowest BCUT2D eigenvalue weighted by molar-refractivity contribution is 0.114. The van der Waals surface area contributed by atoms with E-state index in [1.165, 1.54) is 0 Å². The first-order valence-electron chi connectivity index (χ1n) is 2.07. The minimum Gasteiger partial charge on any atom is -0.449 e. The van der Waals surface area contributed by atoms with Crippen LogP contribution in [0.2, 0.25) is 0 Å². The Morgan fingerprint density at radius 2 is 1.30 bits per heavy atom. The van der Waals surface area contributed by atoms with Crippen LogP contribution >= 0.6 is 0 Å². The zero-order chi connectivity index (χ0) is 7.98. The van der Waals surface area contributed by atoms with Gasteiger partial charge in [0.1, 0.15) is 12.5 Å². The quantitative estimate of drug-likeness (QED) is 0.445. The molecule has 0 aromatic rings. The van der Waals surface area contributed by atoms with Gasteiger partial charge in [0.2, 0.25) is 0 Å². The van der Waals surface area contributed by atoms with Crippen molar-refractivity contribution in [1.29, 1.82) is 0 Å². The Hall–Kier alpha value is -1.72. The van der Waals surface area contributed by atoms with Gasteiger partial charge in [-0.15, -0.1) is 0 Å². The van der Waals surface area contributed by atoms with Crippen molar-refractivity contribution in [2.24, 2.45) is 0 Å². The highest BCUT2D eigenvalue weighted by molar-refractivity contribution is 5.58. The molecule has 6 heteroatoms. The van der Waals surface area contributed by atoms with Crippen molar-refractivity contribution >= 4 is 12.3 Å². The molecule has 10 heavy (non-hydrogen) atoms. The first-order chi connectivity index (χ1) is 4.63. The minimum absolute atomic E-state index is 0.594. The molecule has 0 radical (unpaired) electrons. The molecular weight excluding hydrogens is 144 g/mol. The van der Waals surface area contributed by atoms with E-state index in [-0.39, 0.29) is 0 Å². The van der Waals surface area contributed by atoms with Crippen LogP contribution in [0.25, 0.3) is 0 Å². The summed E-state index contributed by atoms with van der Waals surface area (Å²) >= 11 is 0. The Morgan fingerprint density at radius 1 is 1.00 bits per heavy atom. The molecule has 0 amide bonds. The van der Waals surface area contributed by atoms with E-state index in [9.17, 15) is 9.59 Å². The lowest BCUT2D eigenvalue weighted by Crippen LogP contribution is -1.95. The molecule has 0 aromatic carbocycles. The van der Waals surface area contributed by atoms with Crippen LogP contribution in [0.4, 0.5) is 9.59 Å². The molecular formula is C4H4O6. The van der Waals surface area contributed by atoms with Crippen LogP contribution in [0, 0.1) is 0 Å². The average Bonchev–Trinajstić information content (AvgIpc) is 1.79. The standard InChI is InChI=1S/C4H4O6/c5-3(6)9-1-2-10-4(7)8/h1-2H,(H,5,6)(H,7,8). The van der Waals surface area contributed by atoms with Crippen LogP contribution in [0.1, 0.15) is 0 Å². The molecule has 56 valence electrons. The van der Waals surface area contributed by atoms with Crippen LogP contribution in [-0.2, 0) is 9.47 Å². The van der Waals surface area contributed by atoms with Crippen molar-refractivity contribution in [3.05, 3.63) is 12.5 Å². The largest absolute Gasteiger partial charge is 0.510 e. The summed E-state index contributed by atoms with van der Waals surface area (Å²) in [5.74, 6) is 0. The Labute approximate surface area is 55.3 Å². The van der Waals surface area contributed by atoms with Gasteiger partial charge in [-0.25, -0.2) is 9.59 Å². The maximum absolute atomic E-state index is 9.57. The number of carboxylic acid groups (broad SMARTS) is 2. The molecule has 0 aliphatic carbocycles. The fourth-order valence-corrected chi connectivity index (χ4v) is 0.172. The predicted octanol–water partition coefficient (Wildman–Crippen LogP) is 0.847. The van der Waals surface area contributed by atoms with Crippen molar-refractivity contribution < 1.29 is 29.3 Å². The second-order valence-corrected chi connectivity index (χ2v) is 1.04. The first kappa shape index (κ1) is 8.28. The fourth-order valence-electron chi connectivity index (χ4n) is 0.172. The third kappa shape index (κ3) is 6.28. The Balaban J connectivity index is 3.38. The molecule has 0 heterocycles. The van der Waals surface area contributed by atoms with Gasteiger partial charge < -0.3 is 19.7 Å². The normalized spacial score (nSPS) is 9.20. The monoisotopic (exact) mass is 148 g/mol. The lowest BCUT2D eigenvalue weighted by atomic mass is 11.0. The third-order valence-electron chi connectivity index (χ3n) is 0.393. The van der Waals surface area contributed by atoms with Gasteiger partial charge in [0.05, 0.1) is 0 Å². The zero-order valence-corrected chi connectivity index (χ0v) is 4.68. The molecule has 0 bridgehead atoms. The Bertz CT molecular complexity index is 141. The molecule has 0 aliphatic rings. The van der Waals surface area contributed by atoms with Crippen LogP contribution in [0.3, 0.4) is 0 Å². The van der Waals surface area contributed by atoms with Gasteiger partial charge >= 0.3 is 12.3 Å². The summed E-state index contributed by atoms with van der Waals surface area (Å²) in [7, 11) is 0. The molecule has 0 saturated heterocycles. The molecule has 0 unspecified atom stereocenters. The molecule has 0 aromatic heterocycles. The maximum Gasteiger partial charge on any atom is 0.510 e. The van der Waals surface area contributed by atoms with Crippen LogP contribution in [0.15, 0.2) is 12.5 Å². The fraction of sp³-hybridized carbons (Fsp3) is 0. The van der Waals surface area contributed by atoms with Gasteiger partial charge in [-0.3, -0.25) is 0 Å². The minimum atomic E-state index is -1.54. The average molecular weight is 148 g/mol. The molecule has 0 rings (SSSR count). The molecule has 0 aliphatic heterocycles. The summed E-state index contributed by atoms with van der Waals surface area (Å²) in [6, 6.07) is 0. The van der Waals surface area contributed by atoms with E-state index in [2.05, 4.69) is 9.47 Å². The van der Waals surface area contributed by atoms with Gasteiger partial charge in [0, 0.05) is 0 Å². The van der Waals surface area contributed by atoms with E-state index in [0.29, 0.717) is 12.5 Å². The second kappa shape index (κ2) is 4.19. The lowest BCUT2D eigenvalue weighted by Gasteiger charge is -1.88. The molecule has 2 N–H and O–H groups in total. The Morgan fingerprint density at radius 3 is 1.50 bits per heavy atom. The number of hydrogen-bond donors (Lipinski definition) is 2. The number of rotatable bonds is 2. The van der Waals surface area contributed by atoms with Crippen LogP contribution in [-0.4, -0.2) is 22.5 Å². The van der Waals surface area contributed by atoms with E-state index >= 15 is 0 Å². The summed E-state index contributed by atoms with van der Waals surface area (Å²) in [5.41, 5.74) is 0.